The van der Waals surface area contributed by atoms with E-state index in [9.17, 15) is 4.79 Å². The van der Waals surface area contributed by atoms with Gasteiger partial charge in [0, 0.05) is 0 Å². The van der Waals surface area contributed by atoms with Crippen LogP contribution in [0.1, 0.15) is 11.9 Å². The summed E-state index contributed by atoms with van der Waals surface area (Å²) in [6.07, 6.45) is 1.93. The van der Waals surface area contributed by atoms with Crippen molar-refractivity contribution in [2.45, 2.75) is 13.3 Å². The van der Waals surface area contributed by atoms with Crippen LogP contribution in [0.4, 0.5) is 0 Å². The number of halogens is 1. The van der Waals surface area contributed by atoms with Crippen LogP contribution in [0.5, 0.6) is 0 Å². The molecule has 4 nitrogen and oxygen atoms in total. The molecule has 1 heterocycles. The van der Waals surface area contributed by atoms with Crippen LogP contribution >= 0.6 is 27.3 Å². The maximum absolute atomic E-state index is 11.1. The summed E-state index contributed by atoms with van der Waals surface area (Å²) in [6, 6.07) is 0. The number of nitrogens with two attached hydrogens (primary N) is 1. The largest absolute Gasteiger partial charge is 0.466 e. The summed E-state index contributed by atoms with van der Waals surface area (Å²) in [5.41, 5.74) is 0. The molecule has 0 saturated carbocycles. The fraction of sp³-hybridized carbons (Fsp3) is 0.429. The van der Waals surface area contributed by atoms with Gasteiger partial charge in [0.15, 0.2) is 0 Å². The zero-order chi connectivity index (χ0) is 9.84. The lowest BCUT2D eigenvalue weighted by Gasteiger charge is -1.96. The van der Waals surface area contributed by atoms with Gasteiger partial charge in [0.05, 0.1) is 6.61 Å². The van der Waals surface area contributed by atoms with Crippen LogP contribution in [0.15, 0.2) is 9.98 Å². The number of esters is 1. The Bertz CT molecular complexity index is 313. The fourth-order valence-corrected chi connectivity index (χ4v) is 2.36. The second-order valence-electron chi connectivity index (χ2n) is 2.32. The first-order valence-corrected chi connectivity index (χ1v) is 5.35. The molecule has 0 fully saturated rings. The number of carbonyl (C=O) groups excluding carboxylic acids is 1. The monoisotopic (exact) mass is 265 g/mol. The minimum atomic E-state index is -0.254. The minimum Gasteiger partial charge on any atom is -0.466 e. The van der Waals surface area contributed by atoms with E-state index in [4.69, 9.17) is 10.6 Å². The molecule has 2 N–H and O–H groups in total. The summed E-state index contributed by atoms with van der Waals surface area (Å²) in [5, 5.41) is 0.769. The summed E-state index contributed by atoms with van der Waals surface area (Å²) in [7, 11) is 0. The molecule has 1 aromatic heterocycles. The topological polar surface area (TPSA) is 56.2 Å². The van der Waals surface area contributed by atoms with Crippen molar-refractivity contribution in [3.63, 3.8) is 0 Å². The van der Waals surface area contributed by atoms with Crippen molar-refractivity contribution in [3.8, 4) is 0 Å². The van der Waals surface area contributed by atoms with Crippen LogP contribution in [-0.2, 0) is 16.0 Å². The maximum atomic E-state index is 11.1. The first-order chi connectivity index (χ1) is 6.13. The molecule has 0 aliphatic rings. The molecule has 0 bridgehead atoms. The van der Waals surface area contributed by atoms with Crippen LogP contribution in [0.2, 0.25) is 0 Å². The van der Waals surface area contributed by atoms with Gasteiger partial charge >= 0.3 is 5.97 Å². The average molecular weight is 266 g/mol. The Morgan fingerprint density at radius 2 is 2.54 bits per heavy atom. The number of hydrogen-bond acceptors (Lipinski definition) is 4. The Labute approximate surface area is 88.4 Å². The zero-order valence-electron chi connectivity index (χ0n) is 7.12. The Balaban J connectivity index is 2.63. The second-order valence-corrected chi connectivity index (χ2v) is 4.81. The van der Waals surface area contributed by atoms with Gasteiger partial charge in [-0.05, 0) is 22.9 Å². The number of aromatic nitrogens is 1. The Morgan fingerprint density at radius 3 is 3.00 bits per heavy atom. The van der Waals surface area contributed by atoms with Crippen molar-refractivity contribution in [1.82, 2.24) is 0 Å². The zero-order valence-corrected chi connectivity index (χ0v) is 9.52. The SMILES string of the molecule is CCOC(=O)Cc1sc(Br)c[n+]1N. The van der Waals surface area contributed by atoms with Gasteiger partial charge in [0.25, 0.3) is 5.01 Å². The first kappa shape index (κ1) is 10.5. The van der Waals surface area contributed by atoms with Gasteiger partial charge in [-0.15, -0.1) is 0 Å². The summed E-state index contributed by atoms with van der Waals surface area (Å²) >= 11 is 4.70. The molecule has 0 unspecified atom stereocenters. The van der Waals surface area contributed by atoms with Crippen LogP contribution in [0.3, 0.4) is 0 Å². The molecule has 0 amide bonds. The fourth-order valence-electron chi connectivity index (χ4n) is 0.836. The third kappa shape index (κ3) is 2.96. The van der Waals surface area contributed by atoms with Crippen LogP contribution in [0.25, 0.3) is 0 Å². The molecule has 6 heteroatoms. The van der Waals surface area contributed by atoms with E-state index in [1.165, 1.54) is 16.0 Å². The number of hydrogen-bond donors (Lipinski definition) is 1. The van der Waals surface area contributed by atoms with E-state index in [0.29, 0.717) is 6.61 Å². The molecule has 0 aliphatic carbocycles. The molecule has 0 aliphatic heterocycles. The van der Waals surface area contributed by atoms with Crippen LogP contribution < -0.4 is 10.5 Å². The van der Waals surface area contributed by atoms with Gasteiger partial charge in [0.2, 0.25) is 6.20 Å². The molecule has 72 valence electrons. The third-order valence-electron chi connectivity index (χ3n) is 1.34. The molecule has 1 aromatic rings. The quantitative estimate of drug-likeness (QED) is 0.495. The van der Waals surface area contributed by atoms with Gasteiger partial charge in [-0.2, -0.15) is 0 Å². The summed E-state index contributed by atoms with van der Waals surface area (Å²) < 4.78 is 7.11. The number of nitrogen functional groups attached to an aromatic ring is 1. The van der Waals surface area contributed by atoms with E-state index in [1.807, 2.05) is 0 Å². The van der Waals surface area contributed by atoms with Gasteiger partial charge in [-0.25, -0.2) is 5.84 Å². The van der Waals surface area contributed by atoms with Crippen LogP contribution in [0, 0.1) is 0 Å². The molecule has 0 saturated heterocycles. The van der Waals surface area contributed by atoms with E-state index in [1.54, 1.807) is 13.1 Å². The highest BCUT2D eigenvalue weighted by Crippen LogP contribution is 2.17. The third-order valence-corrected chi connectivity index (χ3v) is 2.93. The summed E-state index contributed by atoms with van der Waals surface area (Å²) in [4.78, 5) is 11.1. The van der Waals surface area contributed by atoms with Crippen molar-refractivity contribution < 1.29 is 14.2 Å². The molecule has 13 heavy (non-hydrogen) atoms. The predicted molar refractivity (Wildman–Crippen MR) is 52.7 cm³/mol. The van der Waals surface area contributed by atoms with E-state index in [0.717, 1.165) is 8.79 Å². The highest BCUT2D eigenvalue weighted by Gasteiger charge is 2.18. The second kappa shape index (κ2) is 4.57. The normalized spacial score (nSPS) is 10.0. The number of nitrogens with zero attached hydrogens (tertiary/aromatic N) is 1. The summed E-state index contributed by atoms with van der Waals surface area (Å²) in [6.45, 7) is 2.18. The van der Waals surface area contributed by atoms with E-state index in [2.05, 4.69) is 15.9 Å². The highest BCUT2D eigenvalue weighted by molar-refractivity contribution is 9.11. The van der Waals surface area contributed by atoms with Gasteiger partial charge in [0.1, 0.15) is 10.2 Å². The number of ether oxygens (including phenoxy) is 1. The number of thiazole rings is 1. The van der Waals surface area contributed by atoms with Crippen LogP contribution in [-0.4, -0.2) is 12.6 Å². The molecule has 0 spiro atoms. The van der Waals surface area contributed by atoms with Crippen molar-refractivity contribution in [2.24, 2.45) is 0 Å². The van der Waals surface area contributed by atoms with Crippen molar-refractivity contribution >= 4 is 33.2 Å². The lowest BCUT2D eigenvalue weighted by atomic mass is 10.4. The Morgan fingerprint density at radius 1 is 1.85 bits per heavy atom. The Kier molecular flexibility index (Phi) is 3.68. The molecule has 0 aromatic carbocycles. The molecular formula is C7H10BrN2O2S+. The molecular weight excluding hydrogens is 256 g/mol. The maximum Gasteiger partial charge on any atom is 0.317 e. The predicted octanol–water partition coefficient (Wildman–Crippen LogP) is 0.618. The minimum absolute atomic E-state index is 0.223. The lowest BCUT2D eigenvalue weighted by Crippen LogP contribution is -2.46. The van der Waals surface area contributed by atoms with Crippen molar-refractivity contribution in [1.29, 1.82) is 0 Å². The van der Waals surface area contributed by atoms with Crippen molar-refractivity contribution in [2.75, 3.05) is 12.4 Å². The van der Waals surface area contributed by atoms with Gasteiger partial charge in [-0.1, -0.05) is 16.0 Å². The smallest absolute Gasteiger partial charge is 0.317 e. The van der Waals surface area contributed by atoms with E-state index in [-0.39, 0.29) is 12.4 Å². The number of carbonyl (C=O) groups is 1. The van der Waals surface area contributed by atoms with Crippen molar-refractivity contribution in [3.05, 3.63) is 15.0 Å². The van der Waals surface area contributed by atoms with E-state index < -0.39 is 0 Å². The molecule has 0 radical (unpaired) electrons. The first-order valence-electron chi connectivity index (χ1n) is 3.74. The number of rotatable bonds is 3. The van der Waals surface area contributed by atoms with E-state index >= 15 is 0 Å². The Hall–Kier alpha value is -0.620. The van der Waals surface area contributed by atoms with Gasteiger partial charge < -0.3 is 4.74 Å². The average Bonchev–Trinajstić information content (AvgIpc) is 2.30. The molecule has 1 rings (SSSR count). The lowest BCUT2D eigenvalue weighted by molar-refractivity contribution is -0.641. The standard InChI is InChI=1S/C7H10BrN2O2S/c1-2-12-7(11)3-6-10(9)4-5(8)13-6/h4H,2-3,9H2,1H3/q+1. The molecule has 0 atom stereocenters. The summed E-state index contributed by atoms with van der Waals surface area (Å²) in [5.74, 6) is 5.32. The van der Waals surface area contributed by atoms with Gasteiger partial charge in [-0.3, -0.25) is 4.79 Å². The highest BCUT2D eigenvalue weighted by atomic mass is 79.9.